The van der Waals surface area contributed by atoms with Crippen LogP contribution >= 0.6 is 0 Å². The van der Waals surface area contributed by atoms with Gasteiger partial charge >= 0.3 is 5.97 Å². The number of hydrogen-bond acceptors (Lipinski definition) is 3. The van der Waals surface area contributed by atoms with Crippen LogP contribution in [0.15, 0.2) is 24.3 Å². The molecule has 1 aromatic rings. The van der Waals surface area contributed by atoms with Crippen LogP contribution in [-0.2, 0) is 21.5 Å². The van der Waals surface area contributed by atoms with Crippen LogP contribution in [0.25, 0.3) is 0 Å². The number of ether oxygens (including phenoxy) is 1. The van der Waals surface area contributed by atoms with Gasteiger partial charge in [-0.2, -0.15) is 0 Å². The summed E-state index contributed by atoms with van der Waals surface area (Å²) in [4.78, 5) is 12.1. The van der Waals surface area contributed by atoms with E-state index in [0.29, 0.717) is 13.0 Å². The van der Waals surface area contributed by atoms with E-state index in [-0.39, 0.29) is 6.10 Å². The van der Waals surface area contributed by atoms with Crippen LogP contribution in [0.4, 0.5) is 0 Å². The SMILES string of the molecule is O=C(O)C1(NCC2CCCO2)CCCCc2ccccc21. The van der Waals surface area contributed by atoms with Gasteiger partial charge in [0.2, 0.25) is 0 Å². The van der Waals surface area contributed by atoms with Gasteiger partial charge in [-0.25, -0.2) is 4.79 Å². The molecule has 1 aromatic carbocycles. The van der Waals surface area contributed by atoms with Gasteiger partial charge < -0.3 is 9.84 Å². The number of rotatable bonds is 4. The molecule has 1 fully saturated rings. The van der Waals surface area contributed by atoms with Crippen LogP contribution in [0, 0.1) is 0 Å². The standard InChI is InChI=1S/C17H23NO3/c19-16(20)17(18-12-14-8-5-11-21-14)10-4-3-7-13-6-1-2-9-15(13)17/h1-2,6,9,14,18H,3-5,7-8,10-12H2,(H,19,20). The lowest BCUT2D eigenvalue weighted by Crippen LogP contribution is -2.51. The van der Waals surface area contributed by atoms with Gasteiger partial charge in [0.1, 0.15) is 5.54 Å². The Balaban J connectivity index is 1.89. The van der Waals surface area contributed by atoms with Crippen molar-refractivity contribution >= 4 is 5.97 Å². The van der Waals surface area contributed by atoms with Crippen LogP contribution in [0.2, 0.25) is 0 Å². The smallest absolute Gasteiger partial charge is 0.328 e. The predicted octanol–water partition coefficient (Wildman–Crippen LogP) is 2.46. The van der Waals surface area contributed by atoms with Crippen molar-refractivity contribution in [3.63, 3.8) is 0 Å². The fourth-order valence-electron chi connectivity index (χ4n) is 3.57. The summed E-state index contributed by atoms with van der Waals surface area (Å²) in [6.45, 7) is 1.41. The highest BCUT2D eigenvalue weighted by Crippen LogP contribution is 2.35. The van der Waals surface area contributed by atoms with E-state index >= 15 is 0 Å². The molecule has 0 amide bonds. The van der Waals surface area contributed by atoms with Crippen molar-refractivity contribution < 1.29 is 14.6 Å². The Labute approximate surface area is 125 Å². The van der Waals surface area contributed by atoms with E-state index in [1.165, 1.54) is 0 Å². The van der Waals surface area contributed by atoms with Crippen molar-refractivity contribution in [3.8, 4) is 0 Å². The summed E-state index contributed by atoms with van der Waals surface area (Å²) in [6.07, 6.45) is 5.83. The minimum Gasteiger partial charge on any atom is -0.480 e. The van der Waals surface area contributed by atoms with Crippen molar-refractivity contribution in [3.05, 3.63) is 35.4 Å². The minimum atomic E-state index is -0.959. The number of nitrogens with one attached hydrogen (secondary N) is 1. The zero-order chi connectivity index (χ0) is 14.7. The highest BCUT2D eigenvalue weighted by molar-refractivity contribution is 5.81. The molecule has 4 heteroatoms. The number of fused-ring (bicyclic) bond motifs is 1. The third-order valence-electron chi connectivity index (χ3n) is 4.75. The van der Waals surface area contributed by atoms with Crippen LogP contribution < -0.4 is 5.32 Å². The number of carboxylic acid groups (broad SMARTS) is 1. The summed E-state index contributed by atoms with van der Waals surface area (Å²) < 4.78 is 5.63. The molecule has 1 aliphatic heterocycles. The third-order valence-corrected chi connectivity index (χ3v) is 4.75. The first kappa shape index (κ1) is 14.5. The second-order valence-electron chi connectivity index (χ2n) is 6.09. The Kier molecular flexibility index (Phi) is 4.27. The van der Waals surface area contributed by atoms with Gasteiger partial charge in [0, 0.05) is 13.2 Å². The molecule has 1 heterocycles. The second kappa shape index (κ2) is 6.16. The van der Waals surface area contributed by atoms with Crippen molar-refractivity contribution in [2.75, 3.05) is 13.2 Å². The lowest BCUT2D eigenvalue weighted by atomic mass is 9.84. The van der Waals surface area contributed by atoms with Crippen LogP contribution in [-0.4, -0.2) is 30.3 Å². The number of carboxylic acids is 1. The average molecular weight is 289 g/mol. The molecule has 3 rings (SSSR count). The Bertz CT molecular complexity index is 511. The largest absolute Gasteiger partial charge is 0.480 e. The van der Waals surface area contributed by atoms with Gasteiger partial charge in [-0.1, -0.05) is 30.7 Å². The molecular weight excluding hydrogens is 266 g/mol. The molecule has 114 valence electrons. The van der Waals surface area contributed by atoms with E-state index < -0.39 is 11.5 Å². The summed E-state index contributed by atoms with van der Waals surface area (Å²) in [5.74, 6) is -0.769. The topological polar surface area (TPSA) is 58.6 Å². The molecule has 1 aliphatic carbocycles. The number of hydrogen-bond donors (Lipinski definition) is 2. The van der Waals surface area contributed by atoms with E-state index in [1.807, 2.05) is 18.2 Å². The maximum absolute atomic E-state index is 12.1. The van der Waals surface area contributed by atoms with Gasteiger partial charge in [-0.15, -0.1) is 0 Å². The third kappa shape index (κ3) is 2.83. The fourth-order valence-corrected chi connectivity index (χ4v) is 3.57. The average Bonchev–Trinajstić information content (AvgIpc) is 2.93. The van der Waals surface area contributed by atoms with Crippen LogP contribution in [0.1, 0.15) is 43.2 Å². The summed E-state index contributed by atoms with van der Waals surface area (Å²) in [6, 6.07) is 7.97. The minimum absolute atomic E-state index is 0.150. The van der Waals surface area contributed by atoms with E-state index in [0.717, 1.165) is 49.8 Å². The van der Waals surface area contributed by atoms with Crippen LogP contribution in [0.5, 0.6) is 0 Å². The molecule has 2 atom stereocenters. The molecule has 0 spiro atoms. The van der Waals surface area contributed by atoms with Crippen molar-refractivity contribution in [1.82, 2.24) is 5.32 Å². The van der Waals surface area contributed by atoms with Gasteiger partial charge in [-0.3, -0.25) is 5.32 Å². The Hall–Kier alpha value is -1.39. The molecule has 0 bridgehead atoms. The van der Waals surface area contributed by atoms with Gasteiger partial charge in [-0.05, 0) is 43.2 Å². The first-order valence-corrected chi connectivity index (χ1v) is 7.91. The highest BCUT2D eigenvalue weighted by Gasteiger charge is 2.42. The number of carbonyl (C=O) groups is 1. The summed E-state index contributed by atoms with van der Waals surface area (Å²) in [7, 11) is 0. The second-order valence-corrected chi connectivity index (χ2v) is 6.09. The van der Waals surface area contributed by atoms with Gasteiger partial charge in [0.05, 0.1) is 6.10 Å². The predicted molar refractivity (Wildman–Crippen MR) is 80.3 cm³/mol. The Morgan fingerprint density at radius 2 is 2.19 bits per heavy atom. The molecule has 0 radical (unpaired) electrons. The quantitative estimate of drug-likeness (QED) is 0.836. The molecule has 0 saturated carbocycles. The van der Waals surface area contributed by atoms with Gasteiger partial charge in [0.15, 0.2) is 0 Å². The molecule has 2 aliphatic rings. The van der Waals surface area contributed by atoms with Crippen molar-refractivity contribution in [2.24, 2.45) is 0 Å². The Morgan fingerprint density at radius 3 is 2.95 bits per heavy atom. The van der Waals surface area contributed by atoms with E-state index in [1.54, 1.807) is 0 Å². The molecule has 2 unspecified atom stereocenters. The molecule has 21 heavy (non-hydrogen) atoms. The van der Waals surface area contributed by atoms with Gasteiger partial charge in [0.25, 0.3) is 0 Å². The van der Waals surface area contributed by atoms with Crippen LogP contribution in [0.3, 0.4) is 0 Å². The number of benzene rings is 1. The van der Waals surface area contributed by atoms with E-state index in [4.69, 9.17) is 4.74 Å². The zero-order valence-corrected chi connectivity index (χ0v) is 12.3. The summed E-state index contributed by atoms with van der Waals surface area (Å²) in [5, 5.41) is 13.3. The normalized spacial score (nSPS) is 28.9. The Morgan fingerprint density at radius 1 is 1.33 bits per heavy atom. The van der Waals surface area contributed by atoms with E-state index in [2.05, 4.69) is 11.4 Å². The molecular formula is C17H23NO3. The van der Waals surface area contributed by atoms with E-state index in [9.17, 15) is 9.90 Å². The highest BCUT2D eigenvalue weighted by atomic mass is 16.5. The number of aliphatic carboxylic acids is 1. The maximum Gasteiger partial charge on any atom is 0.328 e. The van der Waals surface area contributed by atoms with Crippen molar-refractivity contribution in [2.45, 2.75) is 50.2 Å². The summed E-state index contributed by atoms with van der Waals surface area (Å²) in [5.41, 5.74) is 1.14. The fraction of sp³-hybridized carbons (Fsp3) is 0.588. The monoisotopic (exact) mass is 289 g/mol. The maximum atomic E-state index is 12.1. The molecule has 2 N–H and O–H groups in total. The lowest BCUT2D eigenvalue weighted by molar-refractivity contribution is -0.146. The molecule has 0 aromatic heterocycles. The molecule has 4 nitrogen and oxygen atoms in total. The van der Waals surface area contributed by atoms with Crippen molar-refractivity contribution in [1.29, 1.82) is 0 Å². The number of aryl methyl sites for hydroxylation is 1. The lowest BCUT2D eigenvalue weighted by Gasteiger charge is -2.32. The summed E-state index contributed by atoms with van der Waals surface area (Å²) >= 11 is 0. The first-order chi connectivity index (χ1) is 10.2. The molecule has 1 saturated heterocycles. The zero-order valence-electron chi connectivity index (χ0n) is 12.3. The first-order valence-electron chi connectivity index (χ1n) is 7.91.